The molecule has 1 aromatic rings. The molecule has 1 fully saturated rings. The van der Waals surface area contributed by atoms with Gasteiger partial charge in [-0.15, -0.1) is 11.8 Å². The predicted molar refractivity (Wildman–Crippen MR) is 75.3 cm³/mol. The minimum Gasteiger partial charge on any atom is -0.480 e. The van der Waals surface area contributed by atoms with Crippen LogP contribution in [0, 0.1) is 12.7 Å². The Hall–Kier alpha value is -1.56. The SMILES string of the molecule is CCC1SCC(C(=O)O)N1C(=O)c1cc(F)ccc1C. The number of aliphatic carboxylic acids is 1. The highest BCUT2D eigenvalue weighted by molar-refractivity contribution is 8.00. The van der Waals surface area contributed by atoms with Gasteiger partial charge in [-0.1, -0.05) is 13.0 Å². The van der Waals surface area contributed by atoms with Gasteiger partial charge in [-0.25, -0.2) is 9.18 Å². The van der Waals surface area contributed by atoms with Crippen LogP contribution < -0.4 is 0 Å². The molecule has 1 aromatic carbocycles. The second-order valence-electron chi connectivity index (χ2n) is 4.72. The van der Waals surface area contributed by atoms with E-state index < -0.39 is 23.7 Å². The molecule has 108 valence electrons. The number of benzene rings is 1. The van der Waals surface area contributed by atoms with Crippen LogP contribution in [0.3, 0.4) is 0 Å². The number of nitrogens with zero attached hydrogens (tertiary/aromatic N) is 1. The average Bonchev–Trinajstić information content (AvgIpc) is 2.84. The van der Waals surface area contributed by atoms with Gasteiger partial charge in [-0.2, -0.15) is 0 Å². The zero-order valence-electron chi connectivity index (χ0n) is 11.3. The van der Waals surface area contributed by atoms with Crippen LogP contribution >= 0.6 is 11.8 Å². The second kappa shape index (κ2) is 5.83. The van der Waals surface area contributed by atoms with Crippen LogP contribution in [0.25, 0.3) is 0 Å². The standard InChI is InChI=1S/C14H16FNO3S/c1-3-12-16(11(7-20-12)14(18)19)13(17)10-6-9(15)5-4-8(10)2/h4-6,11-12H,3,7H2,1-2H3,(H,18,19). The Balaban J connectivity index is 2.38. The summed E-state index contributed by atoms with van der Waals surface area (Å²) in [5.74, 6) is -1.55. The lowest BCUT2D eigenvalue weighted by molar-refractivity contribution is -0.141. The van der Waals surface area contributed by atoms with Gasteiger partial charge < -0.3 is 10.0 Å². The molecule has 0 bridgehead atoms. The van der Waals surface area contributed by atoms with Crippen molar-refractivity contribution in [1.82, 2.24) is 4.90 Å². The highest BCUT2D eigenvalue weighted by Gasteiger charge is 2.41. The molecule has 1 N–H and O–H groups in total. The Kier molecular flexibility index (Phi) is 4.32. The summed E-state index contributed by atoms with van der Waals surface area (Å²) in [6.45, 7) is 3.62. The van der Waals surface area contributed by atoms with E-state index in [0.29, 0.717) is 17.7 Å². The fourth-order valence-electron chi connectivity index (χ4n) is 2.30. The maximum absolute atomic E-state index is 13.3. The van der Waals surface area contributed by atoms with Gasteiger partial charge in [0.1, 0.15) is 11.9 Å². The number of aryl methyl sites for hydroxylation is 1. The van der Waals surface area contributed by atoms with Crippen molar-refractivity contribution in [3.8, 4) is 0 Å². The summed E-state index contributed by atoms with van der Waals surface area (Å²) < 4.78 is 13.3. The van der Waals surface area contributed by atoms with Gasteiger partial charge in [0.05, 0.1) is 5.37 Å². The van der Waals surface area contributed by atoms with Crippen molar-refractivity contribution in [2.24, 2.45) is 0 Å². The summed E-state index contributed by atoms with van der Waals surface area (Å²) in [6.07, 6.45) is 0.661. The van der Waals surface area contributed by atoms with Crippen LogP contribution in [-0.4, -0.2) is 39.1 Å². The predicted octanol–water partition coefficient (Wildman–Crippen LogP) is 2.51. The first-order valence-corrected chi connectivity index (χ1v) is 7.43. The first-order chi connectivity index (χ1) is 9.45. The zero-order valence-corrected chi connectivity index (χ0v) is 12.1. The molecule has 1 heterocycles. The second-order valence-corrected chi connectivity index (χ2v) is 5.93. The van der Waals surface area contributed by atoms with Crippen LogP contribution in [0.4, 0.5) is 4.39 Å². The molecular weight excluding hydrogens is 281 g/mol. The molecule has 6 heteroatoms. The Morgan fingerprint density at radius 2 is 2.20 bits per heavy atom. The molecule has 0 aliphatic carbocycles. The number of carboxylic acids is 1. The lowest BCUT2D eigenvalue weighted by atomic mass is 10.1. The molecule has 20 heavy (non-hydrogen) atoms. The van der Waals surface area contributed by atoms with E-state index in [1.807, 2.05) is 6.92 Å². The van der Waals surface area contributed by atoms with Crippen molar-refractivity contribution in [2.75, 3.05) is 5.75 Å². The first kappa shape index (κ1) is 14.8. The number of rotatable bonds is 3. The van der Waals surface area contributed by atoms with E-state index in [1.165, 1.54) is 34.9 Å². The van der Waals surface area contributed by atoms with E-state index in [1.54, 1.807) is 6.92 Å². The molecule has 2 unspecified atom stereocenters. The Bertz CT molecular complexity index is 549. The van der Waals surface area contributed by atoms with Crippen molar-refractivity contribution < 1.29 is 19.1 Å². The van der Waals surface area contributed by atoms with Crippen molar-refractivity contribution in [3.05, 3.63) is 35.1 Å². The molecule has 1 aliphatic heterocycles. The molecule has 1 saturated heterocycles. The summed E-state index contributed by atoms with van der Waals surface area (Å²) in [5.41, 5.74) is 0.879. The summed E-state index contributed by atoms with van der Waals surface area (Å²) in [4.78, 5) is 25.2. The fourth-order valence-corrected chi connectivity index (χ4v) is 3.65. The lowest BCUT2D eigenvalue weighted by Gasteiger charge is -2.27. The van der Waals surface area contributed by atoms with Crippen LogP contribution in [0.5, 0.6) is 0 Å². The molecule has 2 rings (SSSR count). The van der Waals surface area contributed by atoms with Crippen molar-refractivity contribution in [1.29, 1.82) is 0 Å². The molecule has 0 spiro atoms. The average molecular weight is 297 g/mol. The number of hydrogen-bond donors (Lipinski definition) is 1. The van der Waals surface area contributed by atoms with Crippen LogP contribution in [0.2, 0.25) is 0 Å². The molecule has 4 nitrogen and oxygen atoms in total. The summed E-state index contributed by atoms with van der Waals surface area (Å²) in [6, 6.07) is 3.14. The van der Waals surface area contributed by atoms with Crippen molar-refractivity contribution in [3.63, 3.8) is 0 Å². The smallest absolute Gasteiger partial charge is 0.327 e. The topological polar surface area (TPSA) is 57.6 Å². The van der Waals surface area contributed by atoms with Crippen molar-refractivity contribution in [2.45, 2.75) is 31.7 Å². The molecule has 1 amide bonds. The van der Waals surface area contributed by atoms with Gasteiger partial charge in [-0.3, -0.25) is 4.79 Å². The Morgan fingerprint density at radius 1 is 1.50 bits per heavy atom. The van der Waals surface area contributed by atoms with Crippen LogP contribution in [0.15, 0.2) is 18.2 Å². The number of carbonyl (C=O) groups is 2. The maximum Gasteiger partial charge on any atom is 0.327 e. The molecule has 2 atom stereocenters. The number of thioether (sulfide) groups is 1. The highest BCUT2D eigenvalue weighted by atomic mass is 32.2. The summed E-state index contributed by atoms with van der Waals surface area (Å²) in [5, 5.41) is 9.06. The van der Waals surface area contributed by atoms with Gasteiger partial charge in [0.2, 0.25) is 0 Å². The Morgan fingerprint density at radius 3 is 2.80 bits per heavy atom. The third kappa shape index (κ3) is 2.65. The number of carboxylic acid groups (broad SMARTS) is 1. The number of carbonyl (C=O) groups excluding carboxylic acids is 1. The minimum absolute atomic E-state index is 0.175. The third-order valence-corrected chi connectivity index (χ3v) is 4.84. The zero-order chi connectivity index (χ0) is 14.9. The number of hydrogen-bond acceptors (Lipinski definition) is 3. The number of halogens is 1. The van der Waals surface area contributed by atoms with Gasteiger partial charge in [-0.05, 0) is 31.0 Å². The van der Waals surface area contributed by atoms with Gasteiger partial charge in [0.25, 0.3) is 5.91 Å². The van der Waals surface area contributed by atoms with Crippen LogP contribution in [-0.2, 0) is 4.79 Å². The fraction of sp³-hybridized carbons (Fsp3) is 0.429. The summed E-state index contributed by atoms with van der Waals surface area (Å²) in [7, 11) is 0. The molecule has 0 aromatic heterocycles. The molecular formula is C14H16FNO3S. The molecule has 0 saturated carbocycles. The normalized spacial score (nSPS) is 22.1. The highest BCUT2D eigenvalue weighted by Crippen LogP contribution is 2.33. The third-order valence-electron chi connectivity index (χ3n) is 3.39. The summed E-state index contributed by atoms with van der Waals surface area (Å²) >= 11 is 1.45. The van der Waals surface area contributed by atoms with E-state index in [-0.39, 0.29) is 10.9 Å². The van der Waals surface area contributed by atoms with E-state index in [0.717, 1.165) is 0 Å². The molecule has 1 aliphatic rings. The van der Waals surface area contributed by atoms with Gasteiger partial charge in [0, 0.05) is 11.3 Å². The van der Waals surface area contributed by atoms with E-state index in [9.17, 15) is 19.1 Å². The quantitative estimate of drug-likeness (QED) is 0.931. The van der Waals surface area contributed by atoms with E-state index in [2.05, 4.69) is 0 Å². The van der Waals surface area contributed by atoms with E-state index in [4.69, 9.17) is 0 Å². The van der Waals surface area contributed by atoms with Crippen LogP contribution in [0.1, 0.15) is 29.3 Å². The van der Waals surface area contributed by atoms with Crippen molar-refractivity contribution >= 4 is 23.6 Å². The first-order valence-electron chi connectivity index (χ1n) is 6.39. The van der Waals surface area contributed by atoms with Gasteiger partial charge >= 0.3 is 5.97 Å². The monoisotopic (exact) mass is 297 g/mol. The Labute approximate surface area is 121 Å². The minimum atomic E-state index is -1.02. The van der Waals surface area contributed by atoms with E-state index >= 15 is 0 Å². The van der Waals surface area contributed by atoms with Gasteiger partial charge in [0.15, 0.2) is 0 Å². The molecule has 0 radical (unpaired) electrons. The lowest BCUT2D eigenvalue weighted by Crippen LogP contribution is -2.45. The maximum atomic E-state index is 13.3. The largest absolute Gasteiger partial charge is 0.480 e. The number of amides is 1.